The summed E-state index contributed by atoms with van der Waals surface area (Å²) in [6, 6.07) is 5.76. The SMILES string of the molecule is COCc1c(OC)cc(CC#N)cc1OC. The van der Waals surface area contributed by atoms with E-state index in [9.17, 15) is 0 Å². The average molecular weight is 221 g/mol. The molecule has 0 aromatic heterocycles. The Kier molecular flexibility index (Phi) is 4.62. The van der Waals surface area contributed by atoms with E-state index in [-0.39, 0.29) is 0 Å². The molecule has 0 amide bonds. The van der Waals surface area contributed by atoms with E-state index in [1.54, 1.807) is 21.3 Å². The van der Waals surface area contributed by atoms with Gasteiger partial charge in [-0.3, -0.25) is 0 Å². The monoisotopic (exact) mass is 221 g/mol. The fourth-order valence-corrected chi connectivity index (χ4v) is 1.52. The first kappa shape index (κ1) is 12.3. The minimum Gasteiger partial charge on any atom is -0.496 e. The third-order valence-corrected chi connectivity index (χ3v) is 2.24. The molecule has 0 aliphatic rings. The van der Waals surface area contributed by atoms with Crippen molar-refractivity contribution in [3.05, 3.63) is 23.3 Å². The summed E-state index contributed by atoms with van der Waals surface area (Å²) in [6.07, 6.45) is 0.333. The second-order valence-electron chi connectivity index (χ2n) is 3.25. The van der Waals surface area contributed by atoms with E-state index < -0.39 is 0 Å². The molecule has 0 unspecified atom stereocenters. The third kappa shape index (κ3) is 2.65. The molecule has 0 atom stereocenters. The molecule has 0 saturated carbocycles. The van der Waals surface area contributed by atoms with Gasteiger partial charge in [0.1, 0.15) is 11.5 Å². The van der Waals surface area contributed by atoms with Crippen LogP contribution in [0.3, 0.4) is 0 Å². The van der Waals surface area contributed by atoms with Crippen LogP contribution in [0.1, 0.15) is 11.1 Å². The van der Waals surface area contributed by atoms with Crippen molar-refractivity contribution < 1.29 is 14.2 Å². The van der Waals surface area contributed by atoms with Crippen molar-refractivity contribution in [2.45, 2.75) is 13.0 Å². The minimum atomic E-state index is 0.333. The summed E-state index contributed by atoms with van der Waals surface area (Å²) in [4.78, 5) is 0. The molecule has 0 aliphatic carbocycles. The highest BCUT2D eigenvalue weighted by Crippen LogP contribution is 2.31. The van der Waals surface area contributed by atoms with Crippen LogP contribution in [0.2, 0.25) is 0 Å². The quantitative estimate of drug-likeness (QED) is 0.762. The lowest BCUT2D eigenvalue weighted by molar-refractivity contribution is 0.178. The van der Waals surface area contributed by atoms with Gasteiger partial charge in [-0.2, -0.15) is 5.26 Å². The van der Waals surface area contributed by atoms with Gasteiger partial charge < -0.3 is 14.2 Å². The van der Waals surface area contributed by atoms with Crippen molar-refractivity contribution in [1.82, 2.24) is 0 Å². The molecular weight excluding hydrogens is 206 g/mol. The summed E-state index contributed by atoms with van der Waals surface area (Å²) in [6.45, 7) is 0.416. The first-order valence-corrected chi connectivity index (χ1v) is 4.86. The fourth-order valence-electron chi connectivity index (χ4n) is 1.52. The molecule has 1 rings (SSSR count). The Bertz CT molecular complexity index is 371. The number of hydrogen-bond donors (Lipinski definition) is 0. The number of ether oxygens (including phenoxy) is 3. The summed E-state index contributed by atoms with van der Waals surface area (Å²) >= 11 is 0. The summed E-state index contributed by atoms with van der Waals surface area (Å²) in [5, 5.41) is 8.66. The molecule has 0 bridgehead atoms. The molecule has 16 heavy (non-hydrogen) atoms. The van der Waals surface area contributed by atoms with Gasteiger partial charge in [-0.05, 0) is 17.7 Å². The molecule has 0 radical (unpaired) electrons. The second-order valence-corrected chi connectivity index (χ2v) is 3.25. The first-order valence-electron chi connectivity index (χ1n) is 4.86. The summed E-state index contributed by atoms with van der Waals surface area (Å²) < 4.78 is 15.6. The number of hydrogen-bond acceptors (Lipinski definition) is 4. The third-order valence-electron chi connectivity index (χ3n) is 2.24. The topological polar surface area (TPSA) is 51.5 Å². The molecule has 1 aromatic rings. The van der Waals surface area contributed by atoms with Crippen LogP contribution in [-0.2, 0) is 17.8 Å². The number of methoxy groups -OCH3 is 3. The van der Waals surface area contributed by atoms with E-state index in [2.05, 4.69) is 6.07 Å². The summed E-state index contributed by atoms with van der Waals surface area (Å²) in [5.74, 6) is 1.37. The Morgan fingerprint density at radius 2 is 1.69 bits per heavy atom. The normalized spacial score (nSPS) is 9.62. The highest BCUT2D eigenvalue weighted by molar-refractivity contribution is 5.48. The molecule has 1 aromatic carbocycles. The molecule has 0 heterocycles. The van der Waals surface area contributed by atoms with Gasteiger partial charge in [0.15, 0.2) is 0 Å². The van der Waals surface area contributed by atoms with Crippen molar-refractivity contribution in [2.75, 3.05) is 21.3 Å². The Morgan fingerprint density at radius 1 is 1.12 bits per heavy atom. The van der Waals surface area contributed by atoms with Gasteiger partial charge in [0.25, 0.3) is 0 Å². The van der Waals surface area contributed by atoms with Crippen molar-refractivity contribution in [1.29, 1.82) is 5.26 Å². The molecular formula is C12H15NO3. The van der Waals surface area contributed by atoms with E-state index in [1.165, 1.54) is 0 Å². The Morgan fingerprint density at radius 3 is 2.06 bits per heavy atom. The van der Waals surface area contributed by atoms with Crippen molar-refractivity contribution in [3.63, 3.8) is 0 Å². The fraction of sp³-hybridized carbons (Fsp3) is 0.417. The van der Waals surface area contributed by atoms with Gasteiger partial charge >= 0.3 is 0 Å². The van der Waals surface area contributed by atoms with Gasteiger partial charge in [0.05, 0.1) is 38.9 Å². The maximum absolute atomic E-state index is 8.66. The van der Waals surface area contributed by atoms with Crippen molar-refractivity contribution >= 4 is 0 Å². The molecule has 4 heteroatoms. The van der Waals surface area contributed by atoms with Gasteiger partial charge in [-0.1, -0.05) is 0 Å². The lowest BCUT2D eigenvalue weighted by atomic mass is 10.1. The Labute approximate surface area is 95.4 Å². The van der Waals surface area contributed by atoms with E-state index in [0.29, 0.717) is 24.5 Å². The van der Waals surface area contributed by atoms with Crippen molar-refractivity contribution in [2.24, 2.45) is 0 Å². The molecule has 0 fully saturated rings. The van der Waals surface area contributed by atoms with Gasteiger partial charge in [-0.25, -0.2) is 0 Å². The van der Waals surface area contributed by atoms with Crippen LogP contribution < -0.4 is 9.47 Å². The van der Waals surface area contributed by atoms with Crippen LogP contribution in [0.25, 0.3) is 0 Å². The maximum atomic E-state index is 8.66. The lowest BCUT2D eigenvalue weighted by Gasteiger charge is -2.13. The van der Waals surface area contributed by atoms with E-state index >= 15 is 0 Å². The van der Waals surface area contributed by atoms with Gasteiger partial charge in [-0.15, -0.1) is 0 Å². The first-order chi connectivity index (χ1) is 7.76. The number of nitrogens with zero attached hydrogens (tertiary/aromatic N) is 1. The van der Waals surface area contributed by atoms with E-state index in [4.69, 9.17) is 19.5 Å². The molecule has 0 saturated heterocycles. The lowest BCUT2D eigenvalue weighted by Crippen LogP contribution is -2.00. The largest absolute Gasteiger partial charge is 0.496 e. The number of benzene rings is 1. The Hall–Kier alpha value is -1.73. The number of nitriles is 1. The average Bonchev–Trinajstić information content (AvgIpc) is 2.31. The zero-order chi connectivity index (χ0) is 12.0. The molecule has 0 spiro atoms. The molecule has 86 valence electrons. The van der Waals surface area contributed by atoms with Crippen LogP contribution in [0, 0.1) is 11.3 Å². The molecule has 4 nitrogen and oxygen atoms in total. The zero-order valence-electron chi connectivity index (χ0n) is 9.74. The highest BCUT2D eigenvalue weighted by Gasteiger charge is 2.12. The van der Waals surface area contributed by atoms with Gasteiger partial charge in [0.2, 0.25) is 0 Å². The summed E-state index contributed by atoms with van der Waals surface area (Å²) in [7, 11) is 4.79. The van der Waals surface area contributed by atoms with E-state index in [0.717, 1.165) is 11.1 Å². The van der Waals surface area contributed by atoms with Crippen LogP contribution in [0.4, 0.5) is 0 Å². The predicted molar refractivity (Wildman–Crippen MR) is 59.6 cm³/mol. The van der Waals surface area contributed by atoms with Crippen LogP contribution in [0.5, 0.6) is 11.5 Å². The van der Waals surface area contributed by atoms with Crippen LogP contribution in [0.15, 0.2) is 12.1 Å². The summed E-state index contributed by atoms with van der Waals surface area (Å²) in [5.41, 5.74) is 1.73. The zero-order valence-corrected chi connectivity index (χ0v) is 9.74. The smallest absolute Gasteiger partial charge is 0.128 e. The van der Waals surface area contributed by atoms with Gasteiger partial charge in [0, 0.05) is 7.11 Å². The van der Waals surface area contributed by atoms with E-state index in [1.807, 2.05) is 12.1 Å². The minimum absolute atomic E-state index is 0.333. The molecule has 0 N–H and O–H groups in total. The molecule has 0 aliphatic heterocycles. The second kappa shape index (κ2) is 5.99. The van der Waals surface area contributed by atoms with Crippen LogP contribution >= 0.6 is 0 Å². The predicted octanol–water partition coefficient (Wildman–Crippen LogP) is 1.92. The van der Waals surface area contributed by atoms with Crippen molar-refractivity contribution in [3.8, 4) is 17.6 Å². The Balaban J connectivity index is 3.20. The van der Waals surface area contributed by atoms with Crippen LogP contribution in [-0.4, -0.2) is 21.3 Å². The highest BCUT2D eigenvalue weighted by atomic mass is 16.5. The number of rotatable bonds is 5. The standard InChI is InChI=1S/C12H15NO3/c1-14-8-10-11(15-2)6-9(4-5-13)7-12(10)16-3/h6-7H,4,8H2,1-3H3. The maximum Gasteiger partial charge on any atom is 0.128 e.